The van der Waals surface area contributed by atoms with Crippen molar-refractivity contribution in [1.29, 1.82) is 0 Å². The Kier molecular flexibility index (Phi) is 3.42. The molecule has 3 heterocycles. The third-order valence-corrected chi connectivity index (χ3v) is 3.46. The summed E-state index contributed by atoms with van der Waals surface area (Å²) in [5.41, 5.74) is 1.08. The summed E-state index contributed by atoms with van der Waals surface area (Å²) in [4.78, 5) is 11.0. The van der Waals surface area contributed by atoms with Gasteiger partial charge in [-0.15, -0.1) is 0 Å². The van der Waals surface area contributed by atoms with Gasteiger partial charge in [0, 0.05) is 12.3 Å². The molecule has 0 N–H and O–H groups in total. The molecule has 2 aromatic heterocycles. The second-order valence-electron chi connectivity index (χ2n) is 4.83. The van der Waals surface area contributed by atoms with Crippen LogP contribution in [0.5, 0.6) is 11.6 Å². The summed E-state index contributed by atoms with van der Waals surface area (Å²) in [6, 6.07) is 10.1. The van der Waals surface area contributed by atoms with Gasteiger partial charge in [0.2, 0.25) is 5.88 Å². The Morgan fingerprint density at radius 3 is 2.95 bits per heavy atom. The minimum absolute atomic E-state index is 0.414. The van der Waals surface area contributed by atoms with E-state index in [1.165, 1.54) is 12.8 Å². The van der Waals surface area contributed by atoms with Crippen LogP contribution in [0.1, 0.15) is 24.6 Å². The molecule has 0 aromatic carbocycles. The molecule has 0 spiro atoms. The Labute approximate surface area is 113 Å². The lowest BCUT2D eigenvalue weighted by Gasteiger charge is -2.19. The second kappa shape index (κ2) is 5.36. The highest BCUT2D eigenvalue weighted by molar-refractivity contribution is 5.25. The molecule has 3 rings (SSSR count). The van der Waals surface area contributed by atoms with Crippen molar-refractivity contribution >= 4 is 0 Å². The van der Waals surface area contributed by atoms with Crippen LogP contribution in [0.4, 0.5) is 0 Å². The number of aromatic nitrogens is 2. The summed E-state index contributed by atoms with van der Waals surface area (Å²) in [6.07, 6.45) is 5.82. The summed E-state index contributed by atoms with van der Waals surface area (Å²) in [5.74, 6) is 1.35. The Balaban J connectivity index is 1.80. The molecule has 2 aromatic rings. The van der Waals surface area contributed by atoms with E-state index in [-0.39, 0.29) is 0 Å². The van der Waals surface area contributed by atoms with E-state index in [1.54, 1.807) is 12.4 Å². The van der Waals surface area contributed by atoms with Gasteiger partial charge in [-0.3, -0.25) is 9.88 Å². The van der Waals surface area contributed by atoms with Crippen LogP contribution in [-0.4, -0.2) is 28.5 Å². The fourth-order valence-corrected chi connectivity index (χ4v) is 2.49. The standard InChI is InChI=1S/C15H17N3O/c1-18-10-4-7-14(18)13-6-2-8-15(17-13)19-12-5-3-9-16-11-12/h2-3,5-6,8-9,11,14H,4,7,10H2,1H3. The molecule has 0 bridgehead atoms. The summed E-state index contributed by atoms with van der Waals surface area (Å²) in [6.45, 7) is 1.14. The minimum Gasteiger partial charge on any atom is -0.437 e. The average molecular weight is 255 g/mol. The number of hydrogen-bond donors (Lipinski definition) is 0. The number of pyridine rings is 2. The van der Waals surface area contributed by atoms with Crippen LogP contribution in [0.25, 0.3) is 0 Å². The van der Waals surface area contributed by atoms with E-state index in [0.29, 0.717) is 17.7 Å². The van der Waals surface area contributed by atoms with Crippen molar-refractivity contribution in [3.63, 3.8) is 0 Å². The van der Waals surface area contributed by atoms with Crippen LogP contribution in [0, 0.1) is 0 Å². The van der Waals surface area contributed by atoms with E-state index in [2.05, 4.69) is 28.0 Å². The second-order valence-corrected chi connectivity index (χ2v) is 4.83. The van der Waals surface area contributed by atoms with Crippen LogP contribution < -0.4 is 4.74 Å². The number of likely N-dealkylation sites (tertiary alicyclic amines) is 1. The van der Waals surface area contributed by atoms with Crippen molar-refractivity contribution in [1.82, 2.24) is 14.9 Å². The lowest BCUT2D eigenvalue weighted by molar-refractivity contribution is 0.309. The third-order valence-electron chi connectivity index (χ3n) is 3.46. The Morgan fingerprint density at radius 2 is 2.21 bits per heavy atom. The molecular formula is C15H17N3O. The van der Waals surface area contributed by atoms with Gasteiger partial charge in [0.15, 0.2) is 0 Å². The van der Waals surface area contributed by atoms with Crippen LogP contribution >= 0.6 is 0 Å². The van der Waals surface area contributed by atoms with Crippen molar-refractivity contribution in [3.8, 4) is 11.6 Å². The van der Waals surface area contributed by atoms with Gasteiger partial charge < -0.3 is 4.74 Å². The van der Waals surface area contributed by atoms with Gasteiger partial charge in [0.1, 0.15) is 5.75 Å². The van der Waals surface area contributed by atoms with Gasteiger partial charge in [-0.1, -0.05) is 6.07 Å². The molecule has 1 unspecified atom stereocenters. The molecule has 0 radical (unpaired) electrons. The zero-order valence-corrected chi connectivity index (χ0v) is 11.0. The third kappa shape index (κ3) is 2.74. The lowest BCUT2D eigenvalue weighted by atomic mass is 10.1. The summed E-state index contributed by atoms with van der Waals surface area (Å²) in [5, 5.41) is 0. The molecule has 1 atom stereocenters. The predicted molar refractivity (Wildman–Crippen MR) is 73.2 cm³/mol. The molecule has 1 fully saturated rings. The maximum atomic E-state index is 5.72. The monoisotopic (exact) mass is 255 g/mol. The zero-order valence-electron chi connectivity index (χ0n) is 11.0. The Hall–Kier alpha value is -1.94. The quantitative estimate of drug-likeness (QED) is 0.845. The Morgan fingerprint density at radius 1 is 1.26 bits per heavy atom. The molecule has 0 amide bonds. The van der Waals surface area contributed by atoms with E-state index >= 15 is 0 Å². The van der Waals surface area contributed by atoms with E-state index in [0.717, 1.165) is 12.2 Å². The van der Waals surface area contributed by atoms with E-state index in [4.69, 9.17) is 4.74 Å². The molecule has 4 heteroatoms. The number of hydrogen-bond acceptors (Lipinski definition) is 4. The minimum atomic E-state index is 0.414. The van der Waals surface area contributed by atoms with Gasteiger partial charge in [0.25, 0.3) is 0 Å². The molecule has 1 aliphatic rings. The highest BCUT2D eigenvalue weighted by Gasteiger charge is 2.23. The van der Waals surface area contributed by atoms with Gasteiger partial charge >= 0.3 is 0 Å². The first-order valence-corrected chi connectivity index (χ1v) is 6.58. The van der Waals surface area contributed by atoms with E-state index in [9.17, 15) is 0 Å². The fraction of sp³-hybridized carbons (Fsp3) is 0.333. The predicted octanol–water partition coefficient (Wildman–Crippen LogP) is 3.04. The molecule has 0 saturated carbocycles. The number of ether oxygens (including phenoxy) is 1. The van der Waals surface area contributed by atoms with Crippen LogP contribution in [-0.2, 0) is 0 Å². The highest BCUT2D eigenvalue weighted by atomic mass is 16.5. The molecule has 1 saturated heterocycles. The molecule has 0 aliphatic carbocycles. The van der Waals surface area contributed by atoms with Gasteiger partial charge in [-0.2, -0.15) is 0 Å². The lowest BCUT2D eigenvalue weighted by Crippen LogP contribution is -2.18. The van der Waals surface area contributed by atoms with Crippen LogP contribution in [0.3, 0.4) is 0 Å². The summed E-state index contributed by atoms with van der Waals surface area (Å²) >= 11 is 0. The smallest absolute Gasteiger partial charge is 0.219 e. The van der Waals surface area contributed by atoms with E-state index < -0.39 is 0 Å². The topological polar surface area (TPSA) is 38.2 Å². The molecule has 1 aliphatic heterocycles. The average Bonchev–Trinajstić information content (AvgIpc) is 2.86. The SMILES string of the molecule is CN1CCCC1c1cccc(Oc2cccnc2)n1. The number of rotatable bonds is 3. The van der Waals surface area contributed by atoms with Gasteiger partial charge in [-0.25, -0.2) is 4.98 Å². The van der Waals surface area contributed by atoms with Crippen LogP contribution in [0.15, 0.2) is 42.7 Å². The van der Waals surface area contributed by atoms with Crippen LogP contribution in [0.2, 0.25) is 0 Å². The zero-order chi connectivity index (χ0) is 13.1. The molecule has 98 valence electrons. The maximum absolute atomic E-state index is 5.72. The molecule has 19 heavy (non-hydrogen) atoms. The van der Waals surface area contributed by atoms with E-state index in [1.807, 2.05) is 24.3 Å². The Bertz CT molecular complexity index is 544. The molecule has 4 nitrogen and oxygen atoms in total. The van der Waals surface area contributed by atoms with Crippen molar-refractivity contribution in [2.24, 2.45) is 0 Å². The van der Waals surface area contributed by atoms with Gasteiger partial charge in [0.05, 0.1) is 17.9 Å². The largest absolute Gasteiger partial charge is 0.437 e. The first-order valence-electron chi connectivity index (χ1n) is 6.58. The maximum Gasteiger partial charge on any atom is 0.219 e. The molecular weight excluding hydrogens is 238 g/mol. The normalized spacial score (nSPS) is 19.5. The van der Waals surface area contributed by atoms with Crippen molar-refractivity contribution < 1.29 is 4.74 Å². The first kappa shape index (κ1) is 12.1. The van der Waals surface area contributed by atoms with Crippen molar-refractivity contribution in [2.75, 3.05) is 13.6 Å². The first-order chi connectivity index (χ1) is 9.33. The highest BCUT2D eigenvalue weighted by Crippen LogP contribution is 2.30. The summed E-state index contributed by atoms with van der Waals surface area (Å²) < 4.78 is 5.72. The number of nitrogens with zero attached hydrogens (tertiary/aromatic N) is 3. The fourth-order valence-electron chi connectivity index (χ4n) is 2.49. The summed E-state index contributed by atoms with van der Waals surface area (Å²) in [7, 11) is 2.15. The van der Waals surface area contributed by atoms with Gasteiger partial charge in [-0.05, 0) is 44.6 Å². The van der Waals surface area contributed by atoms with Crippen molar-refractivity contribution in [3.05, 3.63) is 48.4 Å². The van der Waals surface area contributed by atoms with Crippen molar-refractivity contribution in [2.45, 2.75) is 18.9 Å².